The molecular weight excluding hydrogens is 672 g/mol. The lowest BCUT2D eigenvalue weighted by Gasteiger charge is -2.44. The summed E-state index contributed by atoms with van der Waals surface area (Å²) in [6, 6.07) is 15.5. The minimum absolute atomic E-state index is 0.00636. The summed E-state index contributed by atoms with van der Waals surface area (Å²) >= 11 is 12.6. The second-order valence-electron chi connectivity index (χ2n) is 14.0. The molecule has 1 fully saturated rings. The van der Waals surface area contributed by atoms with Gasteiger partial charge in [-0.25, -0.2) is 4.39 Å². The van der Waals surface area contributed by atoms with E-state index in [0.29, 0.717) is 65.4 Å². The number of hydrogen-bond donors (Lipinski definition) is 1. The first-order valence-corrected chi connectivity index (χ1v) is 20.9. The zero-order valence-electron chi connectivity index (χ0n) is 28.3. The van der Waals surface area contributed by atoms with Gasteiger partial charge in [0.05, 0.1) is 43.0 Å². The van der Waals surface area contributed by atoms with Crippen LogP contribution in [0.2, 0.25) is 29.7 Å². The van der Waals surface area contributed by atoms with Crippen molar-refractivity contribution in [3.8, 4) is 0 Å². The third-order valence-corrected chi connectivity index (χ3v) is 11.2. The molecule has 3 aromatic carbocycles. The van der Waals surface area contributed by atoms with E-state index in [9.17, 15) is 9.90 Å². The van der Waals surface area contributed by atoms with E-state index in [-0.39, 0.29) is 17.0 Å². The number of rotatable bonds is 11. The highest BCUT2D eigenvalue weighted by atomic mass is 35.5. The first kappa shape index (κ1) is 36.5. The Balaban J connectivity index is 1.76. The van der Waals surface area contributed by atoms with E-state index in [2.05, 4.69) is 19.6 Å². The molecule has 0 aromatic heterocycles. The summed E-state index contributed by atoms with van der Waals surface area (Å²) in [6.07, 6.45) is 1.81. The number of hydrogen-bond acceptors (Lipinski definition) is 6. The predicted molar refractivity (Wildman–Crippen MR) is 187 cm³/mol. The first-order chi connectivity index (χ1) is 22.7. The van der Waals surface area contributed by atoms with Gasteiger partial charge in [-0.3, -0.25) is 14.5 Å². The van der Waals surface area contributed by atoms with Crippen LogP contribution in [0.5, 0.6) is 0 Å². The Kier molecular flexibility index (Phi) is 10.8. The van der Waals surface area contributed by atoms with Crippen LogP contribution in [0.15, 0.2) is 60.7 Å². The number of halogens is 3. The highest BCUT2D eigenvalue weighted by molar-refractivity contribution is 6.76. The van der Waals surface area contributed by atoms with Crippen molar-refractivity contribution in [2.75, 3.05) is 26.6 Å². The topological polar surface area (TPSA) is 85.3 Å². The van der Waals surface area contributed by atoms with Crippen molar-refractivity contribution in [2.45, 2.75) is 70.1 Å². The number of amides is 1. The number of aliphatic hydroxyl groups is 1. The highest BCUT2D eigenvalue weighted by Gasteiger charge is 2.58. The molecule has 2 heterocycles. The van der Waals surface area contributed by atoms with Gasteiger partial charge in [0.1, 0.15) is 5.82 Å². The fourth-order valence-corrected chi connectivity index (χ4v) is 7.96. The maximum absolute atomic E-state index is 17.0. The molecule has 0 saturated carbocycles. The first-order valence-electron chi connectivity index (χ1n) is 16.4. The molecular formula is C37H44Cl2FNO6Si. The molecule has 0 radical (unpaired) electrons. The standard InChI is InChI=1S/C37H44Cl2FNO6Si/c1-7-36(44,25-16-18-46-19-17-25)27-20-30-32(31(40)21-27)37(45-3,26-10-14-29(39)15-11-26)41(34(30)42)33(24-8-12-28(38)13-9-24)23(2)35(43)47-22-48(4,5)6/h8-15,20-21,23,25,33,44H,7,16-19,22H2,1-6H3/t23-,33-,36-,37+/m0/s1. The number of fused-ring (bicyclic) bond motifs is 1. The molecule has 1 amide bonds. The Morgan fingerprint density at radius 2 is 1.67 bits per heavy atom. The molecule has 3 aromatic rings. The molecule has 2 aliphatic heterocycles. The summed E-state index contributed by atoms with van der Waals surface area (Å²) in [5, 5.41) is 13.0. The van der Waals surface area contributed by atoms with Gasteiger partial charge in [-0.15, -0.1) is 0 Å². The van der Waals surface area contributed by atoms with Crippen molar-refractivity contribution >= 4 is 43.2 Å². The van der Waals surface area contributed by atoms with Gasteiger partial charge in [-0.2, -0.15) is 0 Å². The second-order valence-corrected chi connectivity index (χ2v) is 20.3. The van der Waals surface area contributed by atoms with Crippen LogP contribution >= 0.6 is 23.2 Å². The summed E-state index contributed by atoms with van der Waals surface area (Å²) in [7, 11) is -0.375. The zero-order valence-corrected chi connectivity index (χ0v) is 30.8. The van der Waals surface area contributed by atoms with Gasteiger partial charge < -0.3 is 19.3 Å². The maximum Gasteiger partial charge on any atom is 0.310 e. The van der Waals surface area contributed by atoms with E-state index in [1.165, 1.54) is 18.1 Å². The summed E-state index contributed by atoms with van der Waals surface area (Å²) in [6.45, 7) is 10.8. The van der Waals surface area contributed by atoms with Crippen molar-refractivity contribution < 1.29 is 33.3 Å². The van der Waals surface area contributed by atoms with Crippen molar-refractivity contribution in [3.05, 3.63) is 104 Å². The smallest absolute Gasteiger partial charge is 0.310 e. The minimum Gasteiger partial charge on any atom is -0.469 e. The van der Waals surface area contributed by atoms with Gasteiger partial charge in [-0.05, 0) is 79.6 Å². The number of methoxy groups -OCH3 is 1. The average Bonchev–Trinajstić information content (AvgIpc) is 3.33. The molecule has 1 N–H and O–H groups in total. The monoisotopic (exact) mass is 715 g/mol. The van der Waals surface area contributed by atoms with E-state index < -0.39 is 49.1 Å². The highest BCUT2D eigenvalue weighted by Crippen LogP contribution is 2.53. The van der Waals surface area contributed by atoms with Crippen LogP contribution in [0, 0.1) is 17.7 Å². The number of ether oxygens (including phenoxy) is 3. The molecule has 0 unspecified atom stereocenters. The summed E-state index contributed by atoms with van der Waals surface area (Å²) in [5.74, 6) is -2.85. The Morgan fingerprint density at radius 3 is 2.21 bits per heavy atom. The summed E-state index contributed by atoms with van der Waals surface area (Å²) < 4.78 is 34.7. The van der Waals surface area contributed by atoms with Crippen LogP contribution < -0.4 is 0 Å². The zero-order chi connectivity index (χ0) is 35.0. The summed E-state index contributed by atoms with van der Waals surface area (Å²) in [4.78, 5) is 30.3. The predicted octanol–water partition coefficient (Wildman–Crippen LogP) is 8.26. The van der Waals surface area contributed by atoms with E-state index in [1.807, 2.05) is 6.92 Å². The molecule has 5 rings (SSSR count). The Bertz CT molecular complexity index is 1640. The Hall–Kier alpha value is -2.79. The van der Waals surface area contributed by atoms with Gasteiger partial charge in [0.15, 0.2) is 5.72 Å². The van der Waals surface area contributed by atoms with Crippen LogP contribution in [0.4, 0.5) is 4.39 Å². The second kappa shape index (κ2) is 14.2. The van der Waals surface area contributed by atoms with Crippen LogP contribution in [-0.4, -0.2) is 56.5 Å². The molecule has 0 aliphatic carbocycles. The van der Waals surface area contributed by atoms with Crippen molar-refractivity contribution in [1.29, 1.82) is 0 Å². The summed E-state index contributed by atoms with van der Waals surface area (Å²) in [5.41, 5.74) is -1.84. The fraction of sp³-hybridized carbons (Fsp3) is 0.459. The molecule has 7 nitrogen and oxygen atoms in total. The van der Waals surface area contributed by atoms with Gasteiger partial charge in [-0.1, -0.05) is 74.0 Å². The van der Waals surface area contributed by atoms with Crippen LogP contribution in [0.25, 0.3) is 0 Å². The van der Waals surface area contributed by atoms with Gasteiger partial charge in [0.25, 0.3) is 5.91 Å². The van der Waals surface area contributed by atoms with E-state index >= 15 is 9.18 Å². The fourth-order valence-electron chi connectivity index (χ4n) is 7.14. The normalized spacial score (nSPS) is 21.0. The molecule has 11 heteroatoms. The molecule has 0 bridgehead atoms. The van der Waals surface area contributed by atoms with Crippen LogP contribution in [0.3, 0.4) is 0 Å². The number of carbonyl (C=O) groups is 2. The number of nitrogens with zero attached hydrogens (tertiary/aromatic N) is 1. The molecule has 258 valence electrons. The molecule has 2 aliphatic rings. The SMILES string of the molecule is CC[C@@](O)(c1cc(F)c2c(c1)C(=O)N([C@H](c1ccc(Cl)cc1)[C@H](C)C(=O)OC[Si](C)(C)C)[C@@]2(OC)c1ccc(Cl)cc1)C1CCOCC1. The lowest BCUT2D eigenvalue weighted by atomic mass is 9.74. The van der Waals surface area contributed by atoms with E-state index in [0.717, 1.165) is 0 Å². The van der Waals surface area contributed by atoms with Gasteiger partial charge in [0, 0.05) is 35.9 Å². The number of carbonyl (C=O) groups excluding carboxylic acids is 2. The molecule has 1 saturated heterocycles. The van der Waals surface area contributed by atoms with E-state index in [1.54, 1.807) is 61.5 Å². The molecule has 4 atom stereocenters. The average molecular weight is 717 g/mol. The van der Waals surface area contributed by atoms with Crippen molar-refractivity contribution in [2.24, 2.45) is 11.8 Å². The lowest BCUT2D eigenvalue weighted by Crippen LogP contribution is -2.51. The minimum atomic E-state index is -1.82. The van der Waals surface area contributed by atoms with Crippen LogP contribution in [-0.2, 0) is 30.3 Å². The quantitative estimate of drug-likeness (QED) is 0.159. The largest absolute Gasteiger partial charge is 0.469 e. The molecule has 0 spiro atoms. The third-order valence-electron chi connectivity index (χ3n) is 9.67. The Labute approximate surface area is 293 Å². The van der Waals surface area contributed by atoms with Gasteiger partial charge >= 0.3 is 5.97 Å². The lowest BCUT2D eigenvalue weighted by molar-refractivity contribution is -0.154. The number of benzene rings is 3. The number of esters is 1. The molecule has 48 heavy (non-hydrogen) atoms. The third kappa shape index (κ3) is 6.70. The van der Waals surface area contributed by atoms with Gasteiger partial charge in [0.2, 0.25) is 0 Å². The van der Waals surface area contributed by atoms with Crippen LogP contribution in [0.1, 0.15) is 71.8 Å². The van der Waals surface area contributed by atoms with Crippen molar-refractivity contribution in [3.63, 3.8) is 0 Å². The Morgan fingerprint density at radius 1 is 1.08 bits per heavy atom. The maximum atomic E-state index is 17.0. The van der Waals surface area contributed by atoms with Crippen molar-refractivity contribution in [1.82, 2.24) is 4.90 Å². The van der Waals surface area contributed by atoms with E-state index in [4.69, 9.17) is 37.4 Å².